The molecular formula is C22H23N3O3. The van der Waals surface area contributed by atoms with Gasteiger partial charge in [0.2, 0.25) is 5.91 Å². The molecule has 0 spiro atoms. The van der Waals surface area contributed by atoms with Gasteiger partial charge < -0.3 is 4.90 Å². The van der Waals surface area contributed by atoms with E-state index in [0.29, 0.717) is 19.5 Å². The minimum Gasteiger partial charge on any atom is -0.334 e. The average Bonchev–Trinajstić information content (AvgIpc) is 2.95. The summed E-state index contributed by atoms with van der Waals surface area (Å²) in [5.74, 6) is -0.329. The summed E-state index contributed by atoms with van der Waals surface area (Å²) in [5.41, 5.74) is 2.08. The van der Waals surface area contributed by atoms with E-state index in [1.807, 2.05) is 60.7 Å². The highest BCUT2D eigenvalue weighted by Crippen LogP contribution is 2.27. The number of nitrogens with zero attached hydrogens (tertiary/aromatic N) is 3. The second kappa shape index (κ2) is 7.46. The van der Waals surface area contributed by atoms with Crippen LogP contribution in [0.4, 0.5) is 4.79 Å². The van der Waals surface area contributed by atoms with Crippen molar-refractivity contribution in [2.45, 2.75) is 32.0 Å². The monoisotopic (exact) mass is 377 g/mol. The maximum absolute atomic E-state index is 12.9. The highest BCUT2D eigenvalue weighted by molar-refractivity contribution is 6.07. The van der Waals surface area contributed by atoms with Crippen LogP contribution in [0.3, 0.4) is 0 Å². The largest absolute Gasteiger partial charge is 0.334 e. The molecule has 144 valence electrons. The number of amides is 4. The van der Waals surface area contributed by atoms with Crippen molar-refractivity contribution in [1.29, 1.82) is 0 Å². The molecule has 6 nitrogen and oxygen atoms in total. The number of urea groups is 1. The van der Waals surface area contributed by atoms with Crippen LogP contribution in [0.15, 0.2) is 60.7 Å². The Morgan fingerprint density at radius 3 is 2.11 bits per heavy atom. The summed E-state index contributed by atoms with van der Waals surface area (Å²) in [6.07, 6.45) is 0.606. The first-order valence-corrected chi connectivity index (χ1v) is 9.56. The molecule has 2 fully saturated rings. The predicted octanol–water partition coefficient (Wildman–Crippen LogP) is 2.29. The Kier molecular flexibility index (Phi) is 4.86. The lowest BCUT2D eigenvalue weighted by molar-refractivity contribution is -0.144. The predicted molar refractivity (Wildman–Crippen MR) is 104 cm³/mol. The zero-order chi connectivity index (χ0) is 19.7. The summed E-state index contributed by atoms with van der Waals surface area (Å²) in [6, 6.07) is 17.9. The Morgan fingerprint density at radius 2 is 1.46 bits per heavy atom. The molecule has 0 aliphatic carbocycles. The van der Waals surface area contributed by atoms with Crippen LogP contribution in [0.1, 0.15) is 18.1 Å². The van der Waals surface area contributed by atoms with Crippen LogP contribution >= 0.6 is 0 Å². The van der Waals surface area contributed by atoms with E-state index < -0.39 is 12.1 Å². The van der Waals surface area contributed by atoms with Gasteiger partial charge in [-0.1, -0.05) is 60.7 Å². The Labute approximate surface area is 164 Å². The molecule has 2 atom stereocenters. The lowest BCUT2D eigenvalue weighted by Gasteiger charge is -2.39. The highest BCUT2D eigenvalue weighted by Gasteiger charge is 2.52. The van der Waals surface area contributed by atoms with E-state index in [4.69, 9.17) is 0 Å². The molecule has 2 aliphatic rings. The minimum atomic E-state index is -0.638. The third-order valence-electron chi connectivity index (χ3n) is 5.50. The van der Waals surface area contributed by atoms with Crippen molar-refractivity contribution in [3.8, 4) is 0 Å². The molecule has 28 heavy (non-hydrogen) atoms. The molecule has 0 N–H and O–H groups in total. The second-order valence-corrected chi connectivity index (χ2v) is 7.31. The number of hydrogen-bond acceptors (Lipinski definition) is 3. The van der Waals surface area contributed by atoms with E-state index in [1.54, 1.807) is 11.8 Å². The van der Waals surface area contributed by atoms with Gasteiger partial charge in [0.1, 0.15) is 12.1 Å². The maximum Gasteiger partial charge on any atom is 0.328 e. The van der Waals surface area contributed by atoms with Crippen LogP contribution in [-0.2, 0) is 22.6 Å². The SMILES string of the molecule is C[C@H]1C(=O)N(Cc2ccccc2)C[C@@H]2C(=O)N(CCc3ccccc3)C(=O)N21. The lowest BCUT2D eigenvalue weighted by Crippen LogP contribution is -2.60. The Balaban J connectivity index is 1.49. The second-order valence-electron chi connectivity index (χ2n) is 7.31. The number of imide groups is 1. The molecular weight excluding hydrogens is 354 g/mol. The smallest absolute Gasteiger partial charge is 0.328 e. The van der Waals surface area contributed by atoms with Crippen LogP contribution in [0.5, 0.6) is 0 Å². The standard InChI is InChI=1S/C22H23N3O3/c1-16-20(26)23(14-18-10-6-3-7-11-18)15-19-21(27)24(22(28)25(16)19)13-12-17-8-4-2-5-9-17/h2-11,16,19H,12-15H2,1H3/t16-,19+/m0/s1. The number of fused-ring (bicyclic) bond motifs is 1. The van der Waals surface area contributed by atoms with Crippen LogP contribution in [0, 0.1) is 0 Å². The molecule has 6 heteroatoms. The first-order chi connectivity index (χ1) is 13.6. The molecule has 4 rings (SSSR count). The molecule has 2 aromatic rings. The maximum atomic E-state index is 12.9. The fourth-order valence-electron chi connectivity index (χ4n) is 3.99. The van der Waals surface area contributed by atoms with Crippen molar-refractivity contribution in [1.82, 2.24) is 14.7 Å². The van der Waals surface area contributed by atoms with E-state index in [0.717, 1.165) is 11.1 Å². The first-order valence-electron chi connectivity index (χ1n) is 9.56. The summed E-state index contributed by atoms with van der Waals surface area (Å²) in [6.45, 7) is 2.72. The lowest BCUT2D eigenvalue weighted by atomic mass is 10.1. The molecule has 4 amide bonds. The Bertz CT molecular complexity index is 884. The fraction of sp³-hybridized carbons (Fsp3) is 0.318. The minimum absolute atomic E-state index is 0.119. The topological polar surface area (TPSA) is 60.9 Å². The molecule has 2 aromatic carbocycles. The summed E-state index contributed by atoms with van der Waals surface area (Å²) in [4.78, 5) is 43.1. The van der Waals surface area contributed by atoms with Gasteiger partial charge in [-0.25, -0.2) is 4.79 Å². The third kappa shape index (κ3) is 3.26. The third-order valence-corrected chi connectivity index (χ3v) is 5.50. The summed E-state index contributed by atoms with van der Waals surface area (Å²) in [7, 11) is 0. The van der Waals surface area contributed by atoms with E-state index in [1.165, 1.54) is 9.80 Å². The molecule has 0 radical (unpaired) electrons. The molecule has 2 heterocycles. The van der Waals surface area contributed by atoms with Gasteiger partial charge in [-0.2, -0.15) is 0 Å². The van der Waals surface area contributed by atoms with Crippen molar-refractivity contribution >= 4 is 17.8 Å². The van der Waals surface area contributed by atoms with E-state index in [2.05, 4.69) is 0 Å². The van der Waals surface area contributed by atoms with Crippen molar-refractivity contribution in [3.63, 3.8) is 0 Å². The molecule has 0 saturated carbocycles. The van der Waals surface area contributed by atoms with Crippen LogP contribution in [-0.4, -0.2) is 57.7 Å². The zero-order valence-corrected chi connectivity index (χ0v) is 15.8. The summed E-state index contributed by atoms with van der Waals surface area (Å²) < 4.78 is 0. The number of benzene rings is 2. The summed E-state index contributed by atoms with van der Waals surface area (Å²) in [5, 5.41) is 0. The fourth-order valence-corrected chi connectivity index (χ4v) is 3.99. The number of carbonyl (C=O) groups excluding carboxylic acids is 3. The van der Waals surface area contributed by atoms with Crippen LogP contribution < -0.4 is 0 Å². The molecule has 0 aromatic heterocycles. The van der Waals surface area contributed by atoms with Crippen molar-refractivity contribution in [3.05, 3.63) is 71.8 Å². The number of rotatable bonds is 5. The summed E-state index contributed by atoms with van der Waals surface area (Å²) >= 11 is 0. The van der Waals surface area contributed by atoms with E-state index in [-0.39, 0.29) is 24.4 Å². The van der Waals surface area contributed by atoms with E-state index in [9.17, 15) is 14.4 Å². The van der Waals surface area contributed by atoms with Crippen LogP contribution in [0.25, 0.3) is 0 Å². The van der Waals surface area contributed by atoms with Gasteiger partial charge in [0, 0.05) is 13.1 Å². The molecule has 2 saturated heterocycles. The molecule has 2 aliphatic heterocycles. The Hall–Kier alpha value is -3.15. The zero-order valence-electron chi connectivity index (χ0n) is 15.8. The van der Waals surface area contributed by atoms with Gasteiger partial charge in [0.05, 0.1) is 6.54 Å². The Morgan fingerprint density at radius 1 is 0.857 bits per heavy atom. The van der Waals surface area contributed by atoms with Crippen molar-refractivity contribution in [2.24, 2.45) is 0 Å². The number of piperazine rings is 1. The molecule has 0 bridgehead atoms. The number of hydrogen-bond donors (Lipinski definition) is 0. The van der Waals surface area contributed by atoms with Gasteiger partial charge >= 0.3 is 6.03 Å². The van der Waals surface area contributed by atoms with Gasteiger partial charge in [-0.3, -0.25) is 19.4 Å². The normalized spacial score (nSPS) is 22.0. The van der Waals surface area contributed by atoms with Gasteiger partial charge in [-0.15, -0.1) is 0 Å². The van der Waals surface area contributed by atoms with Crippen molar-refractivity contribution < 1.29 is 14.4 Å². The number of carbonyl (C=O) groups is 3. The van der Waals surface area contributed by atoms with Crippen LogP contribution in [0.2, 0.25) is 0 Å². The first kappa shape index (κ1) is 18.2. The molecule has 0 unspecified atom stereocenters. The van der Waals surface area contributed by atoms with Gasteiger partial charge in [-0.05, 0) is 24.5 Å². The average molecular weight is 377 g/mol. The van der Waals surface area contributed by atoms with Gasteiger partial charge in [0.15, 0.2) is 0 Å². The highest BCUT2D eigenvalue weighted by atomic mass is 16.2. The van der Waals surface area contributed by atoms with Gasteiger partial charge in [0.25, 0.3) is 5.91 Å². The quantitative estimate of drug-likeness (QED) is 0.751. The van der Waals surface area contributed by atoms with Crippen molar-refractivity contribution in [2.75, 3.05) is 13.1 Å². The van der Waals surface area contributed by atoms with E-state index >= 15 is 0 Å².